The molecule has 0 bridgehead atoms. The lowest BCUT2D eigenvalue weighted by Gasteiger charge is -2.12. The molecule has 4 heteroatoms. The first-order valence-corrected chi connectivity index (χ1v) is 7.13. The standard InChI is InChI=1S/C13H32N4/c1-3-15-11-13(2)12-17-9-5-4-8-16-10-6-7-14/h13,15-17H,3-12,14H2,1-2H3. The van der Waals surface area contributed by atoms with E-state index in [4.69, 9.17) is 5.73 Å². The Balaban J connectivity index is 3.02. The largest absolute Gasteiger partial charge is 0.330 e. The lowest BCUT2D eigenvalue weighted by atomic mass is 10.2. The van der Waals surface area contributed by atoms with Crippen LogP contribution in [0.5, 0.6) is 0 Å². The highest BCUT2D eigenvalue weighted by atomic mass is 14.9. The van der Waals surface area contributed by atoms with Crippen molar-refractivity contribution in [3.63, 3.8) is 0 Å². The molecule has 0 fully saturated rings. The summed E-state index contributed by atoms with van der Waals surface area (Å²) < 4.78 is 0. The molecule has 0 radical (unpaired) electrons. The number of hydrogen-bond acceptors (Lipinski definition) is 4. The second kappa shape index (κ2) is 13.9. The minimum Gasteiger partial charge on any atom is -0.330 e. The molecule has 1 unspecified atom stereocenters. The van der Waals surface area contributed by atoms with E-state index < -0.39 is 0 Å². The molecular weight excluding hydrogens is 212 g/mol. The van der Waals surface area contributed by atoms with Crippen LogP contribution in [0.3, 0.4) is 0 Å². The molecule has 0 aliphatic carbocycles. The van der Waals surface area contributed by atoms with Gasteiger partial charge in [0.25, 0.3) is 0 Å². The fourth-order valence-corrected chi connectivity index (χ4v) is 1.66. The zero-order chi connectivity index (χ0) is 12.8. The zero-order valence-corrected chi connectivity index (χ0v) is 11.7. The molecule has 0 aromatic carbocycles. The van der Waals surface area contributed by atoms with Crippen LogP contribution in [0, 0.1) is 5.92 Å². The number of nitrogens with two attached hydrogens (primary N) is 1. The van der Waals surface area contributed by atoms with Crippen molar-refractivity contribution in [2.24, 2.45) is 11.7 Å². The van der Waals surface area contributed by atoms with Gasteiger partial charge < -0.3 is 21.7 Å². The van der Waals surface area contributed by atoms with E-state index in [9.17, 15) is 0 Å². The molecule has 1 atom stereocenters. The Morgan fingerprint density at radius 1 is 0.882 bits per heavy atom. The van der Waals surface area contributed by atoms with Gasteiger partial charge in [-0.2, -0.15) is 0 Å². The quantitative estimate of drug-likeness (QED) is 0.357. The predicted molar refractivity (Wildman–Crippen MR) is 76.4 cm³/mol. The molecule has 0 rings (SSSR count). The number of hydrogen-bond donors (Lipinski definition) is 4. The minimum atomic E-state index is 0.720. The molecule has 0 saturated carbocycles. The van der Waals surface area contributed by atoms with Crippen LogP contribution in [0.15, 0.2) is 0 Å². The molecule has 17 heavy (non-hydrogen) atoms. The van der Waals surface area contributed by atoms with E-state index in [0.29, 0.717) is 0 Å². The maximum atomic E-state index is 5.42. The van der Waals surface area contributed by atoms with Gasteiger partial charge in [-0.3, -0.25) is 0 Å². The molecule has 0 aromatic rings. The summed E-state index contributed by atoms with van der Waals surface area (Å²) in [5.74, 6) is 0.720. The van der Waals surface area contributed by atoms with Gasteiger partial charge in [-0.05, 0) is 71.0 Å². The first-order valence-electron chi connectivity index (χ1n) is 7.13. The van der Waals surface area contributed by atoms with Crippen LogP contribution in [-0.2, 0) is 0 Å². The monoisotopic (exact) mass is 244 g/mol. The molecule has 0 heterocycles. The molecule has 0 amide bonds. The van der Waals surface area contributed by atoms with Gasteiger partial charge in [0, 0.05) is 0 Å². The summed E-state index contributed by atoms with van der Waals surface area (Å²) in [5, 5.41) is 10.3. The van der Waals surface area contributed by atoms with Crippen LogP contribution in [-0.4, -0.2) is 45.8 Å². The molecule has 0 aromatic heterocycles. The fraction of sp³-hybridized carbons (Fsp3) is 1.00. The Hall–Kier alpha value is -0.160. The van der Waals surface area contributed by atoms with Crippen molar-refractivity contribution in [3.05, 3.63) is 0 Å². The van der Waals surface area contributed by atoms with Crippen molar-refractivity contribution in [2.75, 3.05) is 45.8 Å². The molecular formula is C13H32N4. The Morgan fingerprint density at radius 3 is 2.12 bits per heavy atom. The van der Waals surface area contributed by atoms with Crippen LogP contribution in [0.1, 0.15) is 33.1 Å². The molecule has 0 aliphatic rings. The van der Waals surface area contributed by atoms with Gasteiger partial charge >= 0.3 is 0 Å². The van der Waals surface area contributed by atoms with E-state index >= 15 is 0 Å². The lowest BCUT2D eigenvalue weighted by molar-refractivity contribution is 0.471. The van der Waals surface area contributed by atoms with Crippen molar-refractivity contribution in [1.82, 2.24) is 16.0 Å². The van der Waals surface area contributed by atoms with E-state index in [0.717, 1.165) is 58.2 Å². The summed E-state index contributed by atoms with van der Waals surface area (Å²) >= 11 is 0. The normalized spacial score (nSPS) is 12.9. The summed E-state index contributed by atoms with van der Waals surface area (Å²) in [6.45, 7) is 11.8. The summed E-state index contributed by atoms with van der Waals surface area (Å²) in [4.78, 5) is 0. The van der Waals surface area contributed by atoms with Crippen LogP contribution in [0.2, 0.25) is 0 Å². The van der Waals surface area contributed by atoms with Gasteiger partial charge in [0.15, 0.2) is 0 Å². The topological polar surface area (TPSA) is 62.1 Å². The third-order valence-electron chi connectivity index (χ3n) is 2.75. The van der Waals surface area contributed by atoms with E-state index in [1.54, 1.807) is 0 Å². The Morgan fingerprint density at radius 2 is 1.47 bits per heavy atom. The second-order valence-corrected chi connectivity index (χ2v) is 4.72. The van der Waals surface area contributed by atoms with E-state index in [-0.39, 0.29) is 0 Å². The second-order valence-electron chi connectivity index (χ2n) is 4.72. The van der Waals surface area contributed by atoms with Crippen LogP contribution < -0.4 is 21.7 Å². The molecule has 104 valence electrons. The molecule has 0 aliphatic heterocycles. The van der Waals surface area contributed by atoms with Crippen molar-refractivity contribution in [1.29, 1.82) is 0 Å². The predicted octanol–water partition coefficient (Wildman–Crippen LogP) is 0.540. The molecule has 0 spiro atoms. The first kappa shape index (κ1) is 16.8. The number of rotatable bonds is 13. The van der Waals surface area contributed by atoms with E-state index in [1.807, 2.05) is 0 Å². The SMILES string of the molecule is CCNCC(C)CNCCCCNCCCN. The number of nitrogens with one attached hydrogen (secondary N) is 3. The van der Waals surface area contributed by atoms with Gasteiger partial charge in [-0.1, -0.05) is 13.8 Å². The van der Waals surface area contributed by atoms with Crippen molar-refractivity contribution < 1.29 is 0 Å². The molecule has 5 N–H and O–H groups in total. The highest BCUT2D eigenvalue weighted by molar-refractivity contribution is 4.60. The van der Waals surface area contributed by atoms with E-state index in [1.165, 1.54) is 12.8 Å². The van der Waals surface area contributed by atoms with Crippen LogP contribution in [0.4, 0.5) is 0 Å². The van der Waals surface area contributed by atoms with Gasteiger partial charge in [-0.15, -0.1) is 0 Å². The Kier molecular flexibility index (Phi) is 13.8. The van der Waals surface area contributed by atoms with Gasteiger partial charge in [0.05, 0.1) is 0 Å². The summed E-state index contributed by atoms with van der Waals surface area (Å²) in [6.07, 6.45) is 3.59. The third-order valence-corrected chi connectivity index (χ3v) is 2.75. The van der Waals surface area contributed by atoms with Gasteiger partial charge in [0.2, 0.25) is 0 Å². The number of unbranched alkanes of at least 4 members (excludes halogenated alkanes) is 1. The highest BCUT2D eigenvalue weighted by Gasteiger charge is 1.99. The lowest BCUT2D eigenvalue weighted by Crippen LogP contribution is -2.30. The average molecular weight is 244 g/mol. The first-order chi connectivity index (χ1) is 8.31. The van der Waals surface area contributed by atoms with Crippen molar-refractivity contribution in [2.45, 2.75) is 33.1 Å². The maximum Gasteiger partial charge on any atom is -0.00110 e. The van der Waals surface area contributed by atoms with Crippen LogP contribution >= 0.6 is 0 Å². The third kappa shape index (κ3) is 13.8. The van der Waals surface area contributed by atoms with Crippen molar-refractivity contribution >= 4 is 0 Å². The highest BCUT2D eigenvalue weighted by Crippen LogP contribution is 1.90. The maximum absolute atomic E-state index is 5.42. The van der Waals surface area contributed by atoms with Gasteiger partial charge in [-0.25, -0.2) is 0 Å². The summed E-state index contributed by atoms with van der Waals surface area (Å²) in [7, 11) is 0. The van der Waals surface area contributed by atoms with Crippen molar-refractivity contribution in [3.8, 4) is 0 Å². The Bertz CT molecular complexity index is 141. The van der Waals surface area contributed by atoms with Crippen LogP contribution in [0.25, 0.3) is 0 Å². The molecule has 4 nitrogen and oxygen atoms in total. The minimum absolute atomic E-state index is 0.720. The fourth-order valence-electron chi connectivity index (χ4n) is 1.66. The average Bonchev–Trinajstić information content (AvgIpc) is 2.34. The van der Waals surface area contributed by atoms with E-state index in [2.05, 4.69) is 29.8 Å². The molecule has 0 saturated heterocycles. The zero-order valence-electron chi connectivity index (χ0n) is 11.7. The smallest absolute Gasteiger partial charge is 0.00110 e. The Labute approximate surface area is 107 Å². The summed E-state index contributed by atoms with van der Waals surface area (Å²) in [5.41, 5.74) is 5.42. The summed E-state index contributed by atoms with van der Waals surface area (Å²) in [6, 6.07) is 0. The van der Waals surface area contributed by atoms with Gasteiger partial charge in [0.1, 0.15) is 0 Å².